The normalized spacial score (nSPS) is 18.6. The fraction of sp³-hybridized carbons (Fsp3) is 0.538. The molecule has 0 unspecified atom stereocenters. The number of anilines is 1. The van der Waals surface area contributed by atoms with E-state index in [-0.39, 0.29) is 11.9 Å². The van der Waals surface area contributed by atoms with E-state index in [9.17, 15) is 4.39 Å². The maximum absolute atomic E-state index is 13.9. The Hall–Kier alpha value is -1.09. The van der Waals surface area contributed by atoms with Crippen LogP contribution in [0.3, 0.4) is 0 Å². The highest BCUT2D eigenvalue weighted by Gasteiger charge is 2.19. The molecule has 0 amide bonds. The Kier molecular flexibility index (Phi) is 3.44. The lowest BCUT2D eigenvalue weighted by atomic mass is 10.0. The third-order valence-corrected chi connectivity index (χ3v) is 3.18. The van der Waals surface area contributed by atoms with Crippen molar-refractivity contribution in [2.45, 2.75) is 32.2 Å². The highest BCUT2D eigenvalue weighted by molar-refractivity contribution is 5.56. The Bertz CT molecular complexity index is 357. The molecule has 0 radical (unpaired) electrons. The van der Waals surface area contributed by atoms with Gasteiger partial charge in [-0.05, 0) is 37.8 Å². The number of halogens is 1. The maximum Gasteiger partial charge on any atom is 0.146 e. The van der Waals surface area contributed by atoms with Gasteiger partial charge in [-0.25, -0.2) is 4.39 Å². The van der Waals surface area contributed by atoms with Crippen molar-refractivity contribution in [2.24, 2.45) is 5.73 Å². The van der Waals surface area contributed by atoms with E-state index in [0.717, 1.165) is 37.2 Å². The van der Waals surface area contributed by atoms with Crippen molar-refractivity contribution in [3.63, 3.8) is 0 Å². The number of nitrogens with zero attached hydrogens (tertiary/aromatic N) is 1. The molecule has 0 aliphatic carbocycles. The Morgan fingerprint density at radius 2 is 1.94 bits per heavy atom. The number of piperidine rings is 1. The summed E-state index contributed by atoms with van der Waals surface area (Å²) in [5.41, 5.74) is 7.53. The molecule has 3 heteroatoms. The zero-order chi connectivity index (χ0) is 11.5. The molecule has 16 heavy (non-hydrogen) atoms. The van der Waals surface area contributed by atoms with Gasteiger partial charge in [0.1, 0.15) is 5.82 Å². The number of nitrogens with two attached hydrogens (primary N) is 1. The first-order chi connectivity index (χ1) is 7.70. The molecule has 2 rings (SSSR count). The molecule has 0 aromatic heterocycles. The molecule has 0 saturated carbocycles. The molecule has 88 valence electrons. The minimum absolute atomic E-state index is 0.118. The summed E-state index contributed by atoms with van der Waals surface area (Å²) < 4.78 is 13.9. The number of para-hydroxylation sites is 1. The molecule has 1 aromatic rings. The number of hydrogen-bond acceptors (Lipinski definition) is 2. The Morgan fingerprint density at radius 1 is 1.25 bits per heavy atom. The summed E-state index contributed by atoms with van der Waals surface area (Å²) in [6, 6.07) is 5.07. The molecule has 1 heterocycles. The average Bonchev–Trinajstić information content (AvgIpc) is 2.29. The second-order valence-electron chi connectivity index (χ2n) is 4.51. The van der Waals surface area contributed by atoms with Gasteiger partial charge < -0.3 is 10.6 Å². The molecule has 2 nitrogen and oxygen atoms in total. The van der Waals surface area contributed by atoms with Gasteiger partial charge in [-0.2, -0.15) is 0 Å². The van der Waals surface area contributed by atoms with Crippen molar-refractivity contribution in [2.75, 3.05) is 18.0 Å². The molecule has 2 N–H and O–H groups in total. The van der Waals surface area contributed by atoms with Crippen LogP contribution < -0.4 is 10.6 Å². The summed E-state index contributed by atoms with van der Waals surface area (Å²) in [5.74, 6) is -0.142. The van der Waals surface area contributed by atoms with E-state index in [1.807, 2.05) is 13.0 Å². The number of rotatable bonds is 2. The molecule has 1 aliphatic heterocycles. The van der Waals surface area contributed by atoms with E-state index >= 15 is 0 Å². The van der Waals surface area contributed by atoms with Crippen molar-refractivity contribution in [3.8, 4) is 0 Å². The van der Waals surface area contributed by atoms with Gasteiger partial charge in [0.05, 0.1) is 5.69 Å². The number of hydrogen-bond donors (Lipinski definition) is 1. The summed E-state index contributed by atoms with van der Waals surface area (Å²) in [6.07, 6.45) is 3.54. The van der Waals surface area contributed by atoms with Crippen LogP contribution in [0, 0.1) is 5.82 Å². The Labute approximate surface area is 96.2 Å². The first-order valence-corrected chi connectivity index (χ1v) is 5.99. The van der Waals surface area contributed by atoms with Gasteiger partial charge in [-0.3, -0.25) is 0 Å². The van der Waals surface area contributed by atoms with Crippen molar-refractivity contribution >= 4 is 5.69 Å². The smallest absolute Gasteiger partial charge is 0.146 e. The quantitative estimate of drug-likeness (QED) is 0.833. The minimum Gasteiger partial charge on any atom is -0.369 e. The van der Waals surface area contributed by atoms with Gasteiger partial charge in [0, 0.05) is 19.1 Å². The molecule has 1 atom stereocenters. The monoisotopic (exact) mass is 222 g/mol. The van der Waals surface area contributed by atoms with Crippen molar-refractivity contribution in [1.29, 1.82) is 0 Å². The Balaban J connectivity index is 2.36. The molecule has 1 aliphatic rings. The predicted octanol–water partition coefficient (Wildman–Crippen LogP) is 2.84. The standard InChI is InChI=1S/C13H19FN2/c1-10(15)11-6-5-7-12(14)13(11)16-8-3-2-4-9-16/h5-7,10H,2-4,8-9,15H2,1H3/t10-/m1/s1. The molecule has 1 saturated heterocycles. The molecular weight excluding hydrogens is 203 g/mol. The highest BCUT2D eigenvalue weighted by Crippen LogP contribution is 2.30. The van der Waals surface area contributed by atoms with Crippen LogP contribution in [0.5, 0.6) is 0 Å². The van der Waals surface area contributed by atoms with Gasteiger partial charge >= 0.3 is 0 Å². The largest absolute Gasteiger partial charge is 0.369 e. The fourth-order valence-corrected chi connectivity index (χ4v) is 2.35. The highest BCUT2D eigenvalue weighted by atomic mass is 19.1. The summed E-state index contributed by atoms with van der Waals surface area (Å²) in [7, 11) is 0. The van der Waals surface area contributed by atoms with Crippen LogP contribution in [-0.4, -0.2) is 13.1 Å². The lowest BCUT2D eigenvalue weighted by Gasteiger charge is -2.31. The van der Waals surface area contributed by atoms with Crippen LogP contribution in [0.15, 0.2) is 18.2 Å². The minimum atomic E-state index is -0.142. The van der Waals surface area contributed by atoms with Crippen molar-refractivity contribution < 1.29 is 4.39 Å². The SMILES string of the molecule is C[C@@H](N)c1cccc(F)c1N1CCCCC1. The van der Waals surface area contributed by atoms with Gasteiger partial charge in [0.25, 0.3) is 0 Å². The molecular formula is C13H19FN2. The van der Waals surface area contributed by atoms with E-state index in [1.165, 1.54) is 12.5 Å². The summed E-state index contributed by atoms with van der Waals surface area (Å²) >= 11 is 0. The fourth-order valence-electron chi connectivity index (χ4n) is 2.35. The van der Waals surface area contributed by atoms with Crippen LogP contribution in [0.25, 0.3) is 0 Å². The van der Waals surface area contributed by atoms with Crippen LogP contribution >= 0.6 is 0 Å². The number of benzene rings is 1. The average molecular weight is 222 g/mol. The summed E-state index contributed by atoms with van der Waals surface area (Å²) in [4.78, 5) is 2.14. The first-order valence-electron chi connectivity index (χ1n) is 5.99. The van der Waals surface area contributed by atoms with Crippen LogP contribution in [-0.2, 0) is 0 Å². The third-order valence-electron chi connectivity index (χ3n) is 3.18. The van der Waals surface area contributed by atoms with Gasteiger partial charge in [0.2, 0.25) is 0 Å². The topological polar surface area (TPSA) is 29.3 Å². The second kappa shape index (κ2) is 4.83. The van der Waals surface area contributed by atoms with Crippen LogP contribution in [0.2, 0.25) is 0 Å². The van der Waals surface area contributed by atoms with Crippen LogP contribution in [0.1, 0.15) is 37.8 Å². The van der Waals surface area contributed by atoms with E-state index in [2.05, 4.69) is 4.90 Å². The first kappa shape index (κ1) is 11.4. The molecule has 1 fully saturated rings. The van der Waals surface area contributed by atoms with E-state index in [1.54, 1.807) is 6.07 Å². The van der Waals surface area contributed by atoms with Crippen LogP contribution in [0.4, 0.5) is 10.1 Å². The van der Waals surface area contributed by atoms with Crippen molar-refractivity contribution in [3.05, 3.63) is 29.6 Å². The van der Waals surface area contributed by atoms with E-state index < -0.39 is 0 Å². The van der Waals surface area contributed by atoms with Crippen molar-refractivity contribution in [1.82, 2.24) is 0 Å². The van der Waals surface area contributed by atoms with Gasteiger partial charge in [-0.1, -0.05) is 12.1 Å². The molecule has 1 aromatic carbocycles. The van der Waals surface area contributed by atoms with Gasteiger partial charge in [0.15, 0.2) is 0 Å². The zero-order valence-corrected chi connectivity index (χ0v) is 9.75. The lowest BCUT2D eigenvalue weighted by Crippen LogP contribution is -2.31. The van der Waals surface area contributed by atoms with E-state index in [4.69, 9.17) is 5.73 Å². The Morgan fingerprint density at radius 3 is 2.56 bits per heavy atom. The van der Waals surface area contributed by atoms with E-state index in [0.29, 0.717) is 0 Å². The molecule has 0 bridgehead atoms. The molecule has 0 spiro atoms. The lowest BCUT2D eigenvalue weighted by molar-refractivity contribution is 0.552. The van der Waals surface area contributed by atoms with Gasteiger partial charge in [-0.15, -0.1) is 0 Å². The second-order valence-corrected chi connectivity index (χ2v) is 4.51. The maximum atomic E-state index is 13.9. The zero-order valence-electron chi connectivity index (χ0n) is 9.75. The summed E-state index contributed by atoms with van der Waals surface area (Å²) in [5, 5.41) is 0. The predicted molar refractivity (Wildman–Crippen MR) is 65.1 cm³/mol. The third kappa shape index (κ3) is 2.19. The summed E-state index contributed by atoms with van der Waals surface area (Å²) in [6.45, 7) is 3.80.